The summed E-state index contributed by atoms with van der Waals surface area (Å²) in [7, 11) is 0. The van der Waals surface area contributed by atoms with Gasteiger partial charge in [0.25, 0.3) is 0 Å². The first-order valence-corrected chi connectivity index (χ1v) is 2.87. The molecule has 0 aliphatic carbocycles. The van der Waals surface area contributed by atoms with Gasteiger partial charge >= 0.3 is 0 Å². The van der Waals surface area contributed by atoms with Crippen molar-refractivity contribution in [2.75, 3.05) is 0 Å². The topological polar surface area (TPSA) is 43.1 Å². The summed E-state index contributed by atoms with van der Waals surface area (Å²) in [6.45, 7) is 3.77. The molecule has 0 bridgehead atoms. The van der Waals surface area contributed by atoms with Crippen LogP contribution in [0.1, 0.15) is 20.3 Å². The molecule has 0 radical (unpaired) electrons. The van der Waals surface area contributed by atoms with Gasteiger partial charge in [-0.3, -0.25) is 0 Å². The fourth-order valence-corrected chi connectivity index (χ4v) is 0.642. The molecule has 0 heterocycles. The van der Waals surface area contributed by atoms with Crippen LogP contribution < -0.4 is 5.73 Å². The summed E-state index contributed by atoms with van der Waals surface area (Å²) in [5.74, 6) is 0.120. The Kier molecular flexibility index (Phi) is 3.44. The number of aldehydes is 1. The molecule has 0 aromatic rings. The molecule has 2 nitrogen and oxygen atoms in total. The molecule has 48 valence electrons. The predicted octanol–water partition coefficient (Wildman–Crippen LogP) is 0.559. The highest BCUT2D eigenvalue weighted by atomic mass is 16.1. The molecule has 0 spiro atoms. The van der Waals surface area contributed by atoms with Crippen molar-refractivity contribution in [2.24, 2.45) is 11.7 Å². The lowest BCUT2D eigenvalue weighted by Crippen LogP contribution is -2.18. The van der Waals surface area contributed by atoms with Crippen LogP contribution in [-0.2, 0) is 4.79 Å². The smallest absolute Gasteiger partial charge is 0.122 e. The van der Waals surface area contributed by atoms with Crippen molar-refractivity contribution in [2.45, 2.75) is 26.3 Å². The molecule has 0 aliphatic heterocycles. The second-order valence-electron chi connectivity index (χ2n) is 2.33. The van der Waals surface area contributed by atoms with Gasteiger partial charge in [0.05, 0.1) is 0 Å². The number of rotatable bonds is 3. The van der Waals surface area contributed by atoms with Crippen molar-refractivity contribution in [3.63, 3.8) is 0 Å². The average molecular weight is 115 g/mol. The zero-order chi connectivity index (χ0) is 6.57. The lowest BCUT2D eigenvalue weighted by Gasteiger charge is -2.04. The maximum Gasteiger partial charge on any atom is 0.122 e. The number of hydrogen-bond acceptors (Lipinski definition) is 2. The minimum Gasteiger partial charge on any atom is -0.328 e. The number of carbonyl (C=O) groups excluding carboxylic acids is 1. The Morgan fingerprint density at radius 2 is 2.12 bits per heavy atom. The van der Waals surface area contributed by atoms with Crippen LogP contribution in [0.25, 0.3) is 0 Å². The van der Waals surface area contributed by atoms with E-state index in [0.29, 0.717) is 0 Å². The van der Waals surface area contributed by atoms with Gasteiger partial charge in [0.2, 0.25) is 0 Å². The second kappa shape index (κ2) is 3.61. The van der Waals surface area contributed by atoms with Gasteiger partial charge in [-0.15, -0.1) is 0 Å². The van der Waals surface area contributed by atoms with E-state index in [1.165, 1.54) is 0 Å². The predicted molar refractivity (Wildman–Crippen MR) is 33.5 cm³/mol. The molecule has 2 heteroatoms. The van der Waals surface area contributed by atoms with Crippen LogP contribution in [0.5, 0.6) is 0 Å². The quantitative estimate of drug-likeness (QED) is 0.546. The summed E-state index contributed by atoms with van der Waals surface area (Å²) in [6, 6.07) is 0.148. The normalized spacial score (nSPS) is 17.4. The first kappa shape index (κ1) is 7.63. The van der Waals surface area contributed by atoms with Crippen LogP contribution in [0.4, 0.5) is 0 Å². The maximum atomic E-state index is 9.98. The summed E-state index contributed by atoms with van der Waals surface area (Å²) in [4.78, 5) is 9.98. The average Bonchev–Trinajstić information content (AvgIpc) is 1.65. The fourth-order valence-electron chi connectivity index (χ4n) is 0.642. The molecule has 0 aliphatic rings. The number of hydrogen-bond donors (Lipinski definition) is 1. The van der Waals surface area contributed by atoms with E-state index in [2.05, 4.69) is 0 Å². The molecule has 0 saturated heterocycles. The maximum absolute atomic E-state index is 9.98. The molecule has 2 N–H and O–H groups in total. The van der Waals surface area contributed by atoms with Gasteiger partial charge in [0.15, 0.2) is 0 Å². The van der Waals surface area contributed by atoms with Gasteiger partial charge in [0, 0.05) is 12.0 Å². The lowest BCUT2D eigenvalue weighted by atomic mass is 10.1. The monoisotopic (exact) mass is 115 g/mol. The van der Waals surface area contributed by atoms with Crippen molar-refractivity contribution < 1.29 is 4.79 Å². The Morgan fingerprint density at radius 3 is 2.25 bits per heavy atom. The molecule has 0 amide bonds. The Bertz CT molecular complexity index is 70.9. The Balaban J connectivity index is 3.23. The van der Waals surface area contributed by atoms with E-state index >= 15 is 0 Å². The lowest BCUT2D eigenvalue weighted by molar-refractivity contribution is -0.110. The molecule has 0 fully saturated rings. The van der Waals surface area contributed by atoms with Crippen LogP contribution in [0.2, 0.25) is 0 Å². The third-order valence-electron chi connectivity index (χ3n) is 0.976. The van der Waals surface area contributed by atoms with Crippen LogP contribution in [-0.4, -0.2) is 12.3 Å². The molecule has 0 saturated carbocycles. The minimum absolute atomic E-state index is 0.120. The van der Waals surface area contributed by atoms with Crippen molar-refractivity contribution in [3.05, 3.63) is 0 Å². The molecule has 2 atom stereocenters. The van der Waals surface area contributed by atoms with Gasteiger partial charge in [0.1, 0.15) is 6.29 Å². The van der Waals surface area contributed by atoms with Crippen LogP contribution >= 0.6 is 0 Å². The summed E-state index contributed by atoms with van der Waals surface area (Å²) >= 11 is 0. The first-order valence-electron chi connectivity index (χ1n) is 2.87. The van der Waals surface area contributed by atoms with Gasteiger partial charge in [-0.1, -0.05) is 6.92 Å². The standard InChI is InChI=1S/C6H13NO/c1-5(4-8)3-6(2)7/h4-6H,3,7H2,1-2H3. The Hall–Kier alpha value is -0.370. The van der Waals surface area contributed by atoms with Gasteiger partial charge in [-0.2, -0.15) is 0 Å². The molecule has 0 rings (SSSR count). The third kappa shape index (κ3) is 3.81. The highest BCUT2D eigenvalue weighted by Gasteiger charge is 2.01. The van der Waals surface area contributed by atoms with Crippen LogP contribution in [0, 0.1) is 5.92 Å². The number of nitrogens with two attached hydrogens (primary N) is 1. The molecule has 8 heavy (non-hydrogen) atoms. The van der Waals surface area contributed by atoms with Gasteiger partial charge in [-0.05, 0) is 13.3 Å². The highest BCUT2D eigenvalue weighted by molar-refractivity contribution is 5.52. The van der Waals surface area contributed by atoms with Gasteiger partial charge < -0.3 is 10.5 Å². The summed E-state index contributed by atoms with van der Waals surface area (Å²) in [5.41, 5.74) is 5.41. The molecular formula is C6H13NO. The number of carbonyl (C=O) groups is 1. The van der Waals surface area contributed by atoms with Crippen LogP contribution in [0.3, 0.4) is 0 Å². The van der Waals surface area contributed by atoms with E-state index in [1.54, 1.807) is 0 Å². The molecule has 0 aromatic heterocycles. The zero-order valence-corrected chi connectivity index (χ0v) is 5.42. The summed E-state index contributed by atoms with van der Waals surface area (Å²) < 4.78 is 0. The Labute approximate surface area is 50.1 Å². The van der Waals surface area contributed by atoms with Crippen molar-refractivity contribution in [1.29, 1.82) is 0 Å². The summed E-state index contributed by atoms with van der Waals surface area (Å²) in [6.07, 6.45) is 1.73. The van der Waals surface area contributed by atoms with E-state index < -0.39 is 0 Å². The van der Waals surface area contributed by atoms with E-state index in [1.807, 2.05) is 13.8 Å². The van der Waals surface area contributed by atoms with Crippen molar-refractivity contribution in [1.82, 2.24) is 0 Å². The van der Waals surface area contributed by atoms with E-state index in [0.717, 1.165) is 12.7 Å². The van der Waals surface area contributed by atoms with Crippen molar-refractivity contribution >= 4 is 6.29 Å². The van der Waals surface area contributed by atoms with Crippen LogP contribution in [0.15, 0.2) is 0 Å². The molecular weight excluding hydrogens is 102 g/mol. The third-order valence-corrected chi connectivity index (χ3v) is 0.976. The molecule has 0 aromatic carbocycles. The van der Waals surface area contributed by atoms with E-state index in [9.17, 15) is 4.79 Å². The van der Waals surface area contributed by atoms with Crippen molar-refractivity contribution in [3.8, 4) is 0 Å². The fraction of sp³-hybridized carbons (Fsp3) is 0.833. The first-order chi connectivity index (χ1) is 3.66. The SMILES string of the molecule is CC(N)CC(C)C=O. The highest BCUT2D eigenvalue weighted by Crippen LogP contribution is 1.98. The second-order valence-corrected chi connectivity index (χ2v) is 2.33. The minimum atomic E-state index is 0.120. The van der Waals surface area contributed by atoms with E-state index in [-0.39, 0.29) is 12.0 Å². The largest absolute Gasteiger partial charge is 0.328 e. The zero-order valence-electron chi connectivity index (χ0n) is 5.42. The molecule has 2 unspecified atom stereocenters. The van der Waals surface area contributed by atoms with E-state index in [4.69, 9.17) is 5.73 Å². The Morgan fingerprint density at radius 1 is 1.62 bits per heavy atom. The van der Waals surface area contributed by atoms with Gasteiger partial charge in [-0.25, -0.2) is 0 Å². The summed E-state index contributed by atoms with van der Waals surface area (Å²) in [5, 5.41) is 0.